The molecule has 2 aliphatic carbocycles. The molecule has 2 fully saturated rings. The van der Waals surface area contributed by atoms with Crippen LogP contribution in [0.2, 0.25) is 5.02 Å². The van der Waals surface area contributed by atoms with Gasteiger partial charge in [0.05, 0.1) is 24.9 Å². The van der Waals surface area contributed by atoms with Crippen LogP contribution >= 0.6 is 11.6 Å². The van der Waals surface area contributed by atoms with E-state index in [0.29, 0.717) is 34.5 Å². The zero-order valence-corrected chi connectivity index (χ0v) is 13.8. The number of hydrogen-bond donors (Lipinski definition) is 1. The summed E-state index contributed by atoms with van der Waals surface area (Å²) < 4.78 is 10.5. The van der Waals surface area contributed by atoms with E-state index in [9.17, 15) is 4.79 Å². The van der Waals surface area contributed by atoms with Gasteiger partial charge in [-0.25, -0.2) is 0 Å². The number of carbonyl (C=O) groups is 1. The maximum atomic E-state index is 12.4. The van der Waals surface area contributed by atoms with E-state index in [-0.39, 0.29) is 5.91 Å². The maximum absolute atomic E-state index is 12.4. The van der Waals surface area contributed by atoms with Gasteiger partial charge in [-0.05, 0) is 37.0 Å². The first-order valence-electron chi connectivity index (χ1n) is 7.82. The summed E-state index contributed by atoms with van der Waals surface area (Å²) in [6.45, 7) is 0. The molecule has 0 heterocycles. The molecule has 3 atom stereocenters. The van der Waals surface area contributed by atoms with Gasteiger partial charge in [0, 0.05) is 18.6 Å². The Morgan fingerprint density at radius 1 is 1.23 bits per heavy atom. The minimum absolute atomic E-state index is 0.0419. The highest BCUT2D eigenvalue weighted by atomic mass is 35.5. The van der Waals surface area contributed by atoms with E-state index in [1.165, 1.54) is 25.7 Å². The van der Waals surface area contributed by atoms with Crippen molar-refractivity contribution in [2.75, 3.05) is 19.5 Å². The predicted octanol–water partition coefficient (Wildman–Crippen LogP) is 4.12. The third-order valence-corrected chi connectivity index (χ3v) is 5.38. The van der Waals surface area contributed by atoms with Crippen LogP contribution in [-0.2, 0) is 4.79 Å². The van der Waals surface area contributed by atoms with Gasteiger partial charge in [-0.2, -0.15) is 0 Å². The van der Waals surface area contributed by atoms with Crippen LogP contribution < -0.4 is 14.8 Å². The molecular weight excluding hydrogens is 302 g/mol. The molecule has 1 amide bonds. The minimum Gasteiger partial charge on any atom is -0.495 e. The molecule has 3 rings (SSSR count). The van der Waals surface area contributed by atoms with Crippen LogP contribution in [-0.4, -0.2) is 20.1 Å². The smallest absolute Gasteiger partial charge is 0.224 e. The van der Waals surface area contributed by atoms with E-state index < -0.39 is 0 Å². The number of ether oxygens (including phenoxy) is 2. The molecule has 0 radical (unpaired) electrons. The van der Waals surface area contributed by atoms with Gasteiger partial charge in [0.1, 0.15) is 11.5 Å². The van der Waals surface area contributed by atoms with Gasteiger partial charge in [0.25, 0.3) is 0 Å². The molecule has 0 aromatic heterocycles. The first kappa shape index (κ1) is 15.5. The molecule has 120 valence electrons. The zero-order valence-electron chi connectivity index (χ0n) is 13.0. The van der Waals surface area contributed by atoms with E-state index >= 15 is 0 Å². The van der Waals surface area contributed by atoms with Gasteiger partial charge in [0.2, 0.25) is 5.91 Å². The average molecular weight is 324 g/mol. The Morgan fingerprint density at radius 3 is 2.59 bits per heavy atom. The molecule has 0 spiro atoms. The monoisotopic (exact) mass is 323 g/mol. The zero-order chi connectivity index (χ0) is 15.7. The van der Waals surface area contributed by atoms with Gasteiger partial charge in [-0.3, -0.25) is 4.79 Å². The van der Waals surface area contributed by atoms with E-state index in [1.54, 1.807) is 26.4 Å². The number of benzene rings is 1. The maximum Gasteiger partial charge on any atom is 0.224 e. The summed E-state index contributed by atoms with van der Waals surface area (Å²) in [4.78, 5) is 12.4. The molecule has 4 nitrogen and oxygen atoms in total. The fourth-order valence-corrected chi connectivity index (χ4v) is 4.25. The topological polar surface area (TPSA) is 47.6 Å². The Hall–Kier alpha value is -1.42. The van der Waals surface area contributed by atoms with Crippen molar-refractivity contribution in [1.29, 1.82) is 0 Å². The van der Waals surface area contributed by atoms with Crippen molar-refractivity contribution in [3.05, 3.63) is 17.2 Å². The molecule has 2 bridgehead atoms. The Bertz CT molecular complexity index is 575. The highest BCUT2D eigenvalue weighted by molar-refractivity contribution is 6.32. The lowest BCUT2D eigenvalue weighted by Gasteiger charge is -2.21. The summed E-state index contributed by atoms with van der Waals surface area (Å²) in [5, 5.41) is 3.41. The Morgan fingerprint density at radius 2 is 2.00 bits per heavy atom. The third-order valence-electron chi connectivity index (χ3n) is 5.08. The Labute approximate surface area is 136 Å². The van der Waals surface area contributed by atoms with Gasteiger partial charge in [-0.1, -0.05) is 18.0 Å². The number of amides is 1. The van der Waals surface area contributed by atoms with E-state index in [0.717, 1.165) is 11.8 Å². The number of halogens is 1. The van der Waals surface area contributed by atoms with Crippen molar-refractivity contribution < 1.29 is 14.3 Å². The van der Waals surface area contributed by atoms with Crippen molar-refractivity contribution >= 4 is 23.2 Å². The molecule has 5 heteroatoms. The number of anilines is 1. The second kappa shape index (κ2) is 6.37. The summed E-state index contributed by atoms with van der Waals surface area (Å²) in [6.07, 6.45) is 5.76. The second-order valence-corrected chi connectivity index (χ2v) is 6.78. The summed E-state index contributed by atoms with van der Waals surface area (Å²) >= 11 is 6.08. The summed E-state index contributed by atoms with van der Waals surface area (Å²) in [5.74, 6) is 3.26. The molecule has 2 aliphatic rings. The molecular formula is C17H22ClNO3. The number of nitrogens with one attached hydrogen (secondary N) is 1. The minimum atomic E-state index is 0.0419. The highest BCUT2D eigenvalue weighted by Crippen LogP contribution is 2.49. The largest absolute Gasteiger partial charge is 0.495 e. The van der Waals surface area contributed by atoms with Gasteiger partial charge >= 0.3 is 0 Å². The lowest BCUT2D eigenvalue weighted by Crippen LogP contribution is -2.20. The van der Waals surface area contributed by atoms with Gasteiger partial charge < -0.3 is 14.8 Å². The molecule has 2 saturated carbocycles. The first-order chi connectivity index (χ1) is 10.6. The van der Waals surface area contributed by atoms with Crippen LogP contribution in [0, 0.1) is 17.8 Å². The summed E-state index contributed by atoms with van der Waals surface area (Å²) in [7, 11) is 3.11. The van der Waals surface area contributed by atoms with Crippen LogP contribution in [0.25, 0.3) is 0 Å². The predicted molar refractivity (Wildman–Crippen MR) is 86.7 cm³/mol. The molecule has 22 heavy (non-hydrogen) atoms. The van der Waals surface area contributed by atoms with Gasteiger partial charge in [-0.15, -0.1) is 0 Å². The number of fused-ring (bicyclic) bond motifs is 2. The fraction of sp³-hybridized carbons (Fsp3) is 0.588. The van der Waals surface area contributed by atoms with E-state index in [4.69, 9.17) is 21.1 Å². The second-order valence-electron chi connectivity index (χ2n) is 6.37. The van der Waals surface area contributed by atoms with Crippen LogP contribution in [0.15, 0.2) is 12.1 Å². The number of methoxy groups -OCH3 is 2. The lowest BCUT2D eigenvalue weighted by atomic mass is 9.86. The average Bonchev–Trinajstić information content (AvgIpc) is 3.11. The molecule has 0 aliphatic heterocycles. The first-order valence-corrected chi connectivity index (χ1v) is 8.20. The van der Waals surface area contributed by atoms with Crippen LogP contribution in [0.4, 0.5) is 5.69 Å². The fourth-order valence-electron chi connectivity index (χ4n) is 4.02. The Balaban J connectivity index is 1.68. The van der Waals surface area contributed by atoms with Crippen LogP contribution in [0.3, 0.4) is 0 Å². The lowest BCUT2D eigenvalue weighted by molar-refractivity contribution is -0.117. The summed E-state index contributed by atoms with van der Waals surface area (Å²) in [5.41, 5.74) is 0.608. The molecule has 1 N–H and O–H groups in total. The number of hydrogen-bond acceptors (Lipinski definition) is 3. The van der Waals surface area contributed by atoms with Crippen LogP contribution in [0.5, 0.6) is 11.5 Å². The summed E-state index contributed by atoms with van der Waals surface area (Å²) in [6, 6.07) is 3.37. The molecule has 0 unspecified atom stereocenters. The quantitative estimate of drug-likeness (QED) is 0.886. The normalized spacial score (nSPS) is 26.0. The van der Waals surface area contributed by atoms with E-state index in [1.807, 2.05) is 0 Å². The van der Waals surface area contributed by atoms with Crippen LogP contribution in [0.1, 0.15) is 32.1 Å². The SMILES string of the molecule is COc1cc(NC(=O)C[C@@H]2C[C@H]3CC[C@@H]2C3)c(OC)cc1Cl. The van der Waals surface area contributed by atoms with Crippen molar-refractivity contribution in [1.82, 2.24) is 0 Å². The number of rotatable bonds is 5. The number of carbonyl (C=O) groups excluding carboxylic acids is 1. The van der Waals surface area contributed by atoms with E-state index in [2.05, 4.69) is 5.32 Å². The highest BCUT2D eigenvalue weighted by Gasteiger charge is 2.40. The van der Waals surface area contributed by atoms with Crippen molar-refractivity contribution in [3.63, 3.8) is 0 Å². The van der Waals surface area contributed by atoms with Crippen molar-refractivity contribution in [2.45, 2.75) is 32.1 Å². The molecule has 0 saturated heterocycles. The Kier molecular flexibility index (Phi) is 4.48. The standard InChI is InChI=1S/C17H22ClNO3/c1-21-15-9-14(16(22-2)8-13(15)18)19-17(20)7-12-6-10-3-4-11(12)5-10/h8-12H,3-7H2,1-2H3,(H,19,20)/t10-,11+,12-/m0/s1. The molecule has 1 aromatic carbocycles. The van der Waals surface area contributed by atoms with Gasteiger partial charge in [0.15, 0.2) is 0 Å². The third kappa shape index (κ3) is 3.02. The molecule has 1 aromatic rings. The van der Waals surface area contributed by atoms with Crippen molar-refractivity contribution in [3.8, 4) is 11.5 Å². The van der Waals surface area contributed by atoms with Crippen molar-refractivity contribution in [2.24, 2.45) is 17.8 Å².